The minimum Gasteiger partial charge on any atom is -0.396 e. The summed E-state index contributed by atoms with van der Waals surface area (Å²) in [5, 5.41) is 14.2. The third kappa shape index (κ3) is 3.59. The maximum absolute atomic E-state index is 8.69. The van der Waals surface area contributed by atoms with Gasteiger partial charge in [-0.3, -0.25) is 0 Å². The first-order valence-electron chi connectivity index (χ1n) is 5.44. The van der Waals surface area contributed by atoms with Gasteiger partial charge >= 0.3 is 0 Å². The molecular weight excluding hydrogens is 206 g/mol. The molecule has 3 heteroatoms. The Kier molecular flexibility index (Phi) is 4.77. The summed E-state index contributed by atoms with van der Waals surface area (Å²) in [7, 11) is 0. The Hall–Kier alpha value is -0.380. The van der Waals surface area contributed by atoms with Gasteiger partial charge in [0.2, 0.25) is 0 Å². The lowest BCUT2D eigenvalue weighted by molar-refractivity contribution is 0.284. The van der Waals surface area contributed by atoms with Crippen LogP contribution < -0.4 is 5.32 Å². The summed E-state index contributed by atoms with van der Waals surface area (Å²) in [6.07, 6.45) is 0.833. The molecule has 0 aliphatic rings. The van der Waals surface area contributed by atoms with E-state index in [0.717, 1.165) is 19.5 Å². The molecule has 1 aromatic heterocycles. The van der Waals surface area contributed by atoms with Crippen molar-refractivity contribution in [3.8, 4) is 0 Å². The average molecular weight is 227 g/mol. The lowest BCUT2D eigenvalue weighted by Gasteiger charge is -2.25. The van der Waals surface area contributed by atoms with E-state index in [1.165, 1.54) is 10.4 Å². The van der Waals surface area contributed by atoms with E-state index >= 15 is 0 Å². The minimum absolute atomic E-state index is 0.188. The lowest BCUT2D eigenvalue weighted by atomic mass is 9.89. The largest absolute Gasteiger partial charge is 0.396 e. The zero-order valence-corrected chi connectivity index (χ0v) is 10.7. The van der Waals surface area contributed by atoms with Crippen LogP contribution in [0.1, 0.15) is 30.7 Å². The van der Waals surface area contributed by atoms with Crippen molar-refractivity contribution in [3.63, 3.8) is 0 Å². The number of rotatable bonds is 6. The van der Waals surface area contributed by atoms with Crippen LogP contribution in [0.5, 0.6) is 0 Å². The second-order valence-electron chi connectivity index (χ2n) is 4.57. The molecule has 0 saturated heterocycles. The van der Waals surface area contributed by atoms with Crippen LogP contribution in [0, 0.1) is 6.92 Å². The molecule has 1 heterocycles. The third-order valence-electron chi connectivity index (χ3n) is 2.56. The molecule has 0 saturated carbocycles. The van der Waals surface area contributed by atoms with Crippen LogP contribution in [0.4, 0.5) is 0 Å². The topological polar surface area (TPSA) is 32.3 Å². The van der Waals surface area contributed by atoms with Gasteiger partial charge in [-0.25, -0.2) is 0 Å². The predicted molar refractivity (Wildman–Crippen MR) is 66.7 cm³/mol. The summed E-state index contributed by atoms with van der Waals surface area (Å²) in [5.41, 5.74) is 1.57. The van der Waals surface area contributed by atoms with Crippen molar-refractivity contribution < 1.29 is 5.11 Å². The number of hydrogen-bond acceptors (Lipinski definition) is 3. The van der Waals surface area contributed by atoms with Crippen LogP contribution in [0.25, 0.3) is 0 Å². The fourth-order valence-corrected chi connectivity index (χ4v) is 2.80. The highest BCUT2D eigenvalue weighted by Crippen LogP contribution is 2.30. The number of aliphatic hydroxyl groups is 1. The van der Waals surface area contributed by atoms with Crippen LogP contribution in [-0.4, -0.2) is 24.8 Å². The van der Waals surface area contributed by atoms with Crippen molar-refractivity contribution in [1.82, 2.24) is 5.32 Å². The van der Waals surface area contributed by atoms with E-state index in [9.17, 15) is 0 Å². The number of aliphatic hydroxyl groups excluding tert-OH is 1. The molecule has 0 atom stereocenters. The summed E-state index contributed by atoms with van der Waals surface area (Å²) in [6, 6.07) is 2.18. The van der Waals surface area contributed by atoms with Crippen molar-refractivity contribution in [2.24, 2.45) is 0 Å². The predicted octanol–water partition coefficient (Wildman–Crippen LogP) is 2.31. The van der Waals surface area contributed by atoms with Crippen molar-refractivity contribution in [2.75, 3.05) is 19.7 Å². The second-order valence-corrected chi connectivity index (χ2v) is 5.49. The highest BCUT2D eigenvalue weighted by molar-refractivity contribution is 7.10. The molecule has 86 valence electrons. The van der Waals surface area contributed by atoms with Gasteiger partial charge in [0.25, 0.3) is 0 Å². The Bertz CT molecular complexity index is 294. The van der Waals surface area contributed by atoms with Gasteiger partial charge in [0, 0.05) is 23.4 Å². The first kappa shape index (κ1) is 12.7. The van der Waals surface area contributed by atoms with Crippen LogP contribution in [0.3, 0.4) is 0 Å². The van der Waals surface area contributed by atoms with Gasteiger partial charge in [-0.2, -0.15) is 0 Å². The molecule has 0 aliphatic heterocycles. The quantitative estimate of drug-likeness (QED) is 0.731. The van der Waals surface area contributed by atoms with Crippen LogP contribution in [0.2, 0.25) is 0 Å². The molecule has 0 bridgehead atoms. The fourth-order valence-electron chi connectivity index (χ4n) is 1.75. The minimum atomic E-state index is 0.188. The molecule has 0 aliphatic carbocycles. The molecular formula is C12H21NOS. The van der Waals surface area contributed by atoms with Crippen LogP contribution >= 0.6 is 11.3 Å². The van der Waals surface area contributed by atoms with Crippen molar-refractivity contribution in [2.45, 2.75) is 32.6 Å². The number of hydrogen-bond donors (Lipinski definition) is 2. The van der Waals surface area contributed by atoms with E-state index in [0.29, 0.717) is 0 Å². The van der Waals surface area contributed by atoms with E-state index in [1.54, 1.807) is 0 Å². The highest BCUT2D eigenvalue weighted by atomic mass is 32.1. The number of nitrogens with one attached hydrogen (secondary N) is 1. The number of thiophene rings is 1. The van der Waals surface area contributed by atoms with Crippen molar-refractivity contribution in [1.29, 1.82) is 0 Å². The van der Waals surface area contributed by atoms with Gasteiger partial charge in [0.15, 0.2) is 0 Å². The van der Waals surface area contributed by atoms with E-state index < -0.39 is 0 Å². The summed E-state index contributed by atoms with van der Waals surface area (Å²) in [4.78, 5) is 1.46. The molecule has 15 heavy (non-hydrogen) atoms. The average Bonchev–Trinajstić information content (AvgIpc) is 2.60. The van der Waals surface area contributed by atoms with E-state index in [2.05, 4.69) is 37.5 Å². The zero-order valence-electron chi connectivity index (χ0n) is 9.84. The van der Waals surface area contributed by atoms with Gasteiger partial charge in [0.1, 0.15) is 0 Å². The molecule has 0 amide bonds. The summed E-state index contributed by atoms with van der Waals surface area (Å²) >= 11 is 1.83. The molecule has 0 fully saturated rings. The maximum Gasteiger partial charge on any atom is 0.0443 e. The molecule has 0 unspecified atom stereocenters. The SMILES string of the molecule is Cc1ccsc1C(C)(C)CNCCCO. The molecule has 1 rings (SSSR count). The number of aryl methyl sites for hydroxylation is 1. The first-order valence-corrected chi connectivity index (χ1v) is 6.32. The Balaban J connectivity index is 2.48. The highest BCUT2D eigenvalue weighted by Gasteiger charge is 2.22. The van der Waals surface area contributed by atoms with Gasteiger partial charge in [-0.1, -0.05) is 13.8 Å². The molecule has 0 aromatic carbocycles. The summed E-state index contributed by atoms with van der Waals surface area (Å²) in [6.45, 7) is 8.82. The monoisotopic (exact) mass is 227 g/mol. The maximum atomic E-state index is 8.69. The Labute approximate surface area is 96.3 Å². The molecule has 2 nitrogen and oxygen atoms in total. The standard InChI is InChI=1S/C12H21NOS/c1-10-5-8-15-11(10)12(2,3)9-13-6-4-7-14/h5,8,13-14H,4,6-7,9H2,1-3H3. The van der Waals surface area contributed by atoms with Crippen LogP contribution in [0.15, 0.2) is 11.4 Å². The van der Waals surface area contributed by atoms with Crippen molar-refractivity contribution in [3.05, 3.63) is 21.9 Å². The van der Waals surface area contributed by atoms with E-state index in [-0.39, 0.29) is 12.0 Å². The lowest BCUT2D eigenvalue weighted by Crippen LogP contribution is -2.33. The second kappa shape index (κ2) is 5.64. The van der Waals surface area contributed by atoms with Gasteiger partial charge in [-0.15, -0.1) is 11.3 Å². The van der Waals surface area contributed by atoms with Gasteiger partial charge in [-0.05, 0) is 36.9 Å². The summed E-state index contributed by atoms with van der Waals surface area (Å²) < 4.78 is 0. The molecule has 0 spiro atoms. The smallest absolute Gasteiger partial charge is 0.0443 e. The van der Waals surface area contributed by atoms with Gasteiger partial charge < -0.3 is 10.4 Å². The zero-order chi connectivity index (χ0) is 11.3. The third-order valence-corrected chi connectivity index (χ3v) is 3.94. The summed E-state index contributed by atoms with van der Waals surface area (Å²) in [5.74, 6) is 0. The molecule has 2 N–H and O–H groups in total. The fraction of sp³-hybridized carbons (Fsp3) is 0.667. The van der Waals surface area contributed by atoms with E-state index in [1.807, 2.05) is 11.3 Å². The van der Waals surface area contributed by atoms with Crippen molar-refractivity contribution >= 4 is 11.3 Å². The first-order chi connectivity index (χ1) is 7.08. The normalized spacial score (nSPS) is 12.0. The Morgan fingerprint density at radius 1 is 1.47 bits per heavy atom. The molecule has 0 radical (unpaired) electrons. The van der Waals surface area contributed by atoms with Crippen LogP contribution in [-0.2, 0) is 5.41 Å². The van der Waals surface area contributed by atoms with Gasteiger partial charge in [0.05, 0.1) is 0 Å². The molecule has 1 aromatic rings. The Morgan fingerprint density at radius 3 is 2.73 bits per heavy atom. The Morgan fingerprint density at radius 2 is 2.20 bits per heavy atom. The van der Waals surface area contributed by atoms with E-state index in [4.69, 9.17) is 5.11 Å².